The highest BCUT2D eigenvalue weighted by Gasteiger charge is 2.31. The Hall–Kier alpha value is -0.330. The molecule has 1 heterocycles. The molecule has 3 nitrogen and oxygen atoms in total. The fourth-order valence-corrected chi connectivity index (χ4v) is 3.33. The summed E-state index contributed by atoms with van der Waals surface area (Å²) in [5.74, 6) is 0. The highest BCUT2D eigenvalue weighted by atomic mass is 19.4. The van der Waals surface area contributed by atoms with E-state index in [0.717, 1.165) is 26.2 Å². The van der Waals surface area contributed by atoms with Crippen molar-refractivity contribution in [3.63, 3.8) is 0 Å². The first-order valence-corrected chi connectivity index (χ1v) is 8.28. The van der Waals surface area contributed by atoms with E-state index in [2.05, 4.69) is 10.2 Å². The molecular formula is C15H28F3N3. The summed E-state index contributed by atoms with van der Waals surface area (Å²) in [6.07, 6.45) is 3.86. The maximum atomic E-state index is 12.3. The van der Waals surface area contributed by atoms with Crippen molar-refractivity contribution in [2.75, 3.05) is 45.8 Å². The van der Waals surface area contributed by atoms with Gasteiger partial charge in [-0.05, 0) is 12.8 Å². The quantitative estimate of drug-likeness (QED) is 0.787. The Bertz CT molecular complexity index is 280. The summed E-state index contributed by atoms with van der Waals surface area (Å²) in [7, 11) is 0. The molecule has 0 radical (unpaired) electrons. The lowest BCUT2D eigenvalue weighted by Gasteiger charge is -2.35. The fraction of sp³-hybridized carbons (Fsp3) is 1.00. The number of piperazine rings is 1. The van der Waals surface area contributed by atoms with Gasteiger partial charge in [-0.25, -0.2) is 0 Å². The van der Waals surface area contributed by atoms with Crippen LogP contribution in [0.4, 0.5) is 13.2 Å². The van der Waals surface area contributed by atoms with Gasteiger partial charge in [0.2, 0.25) is 0 Å². The molecule has 2 rings (SSSR count). The number of hydrogen-bond donors (Lipinski definition) is 1. The van der Waals surface area contributed by atoms with E-state index in [1.807, 2.05) is 0 Å². The lowest BCUT2D eigenvalue weighted by Crippen LogP contribution is -2.50. The molecule has 0 aromatic rings. The SMILES string of the molecule is FC(F)(F)CN1CCN(CCNC2CCCCCC2)CC1. The van der Waals surface area contributed by atoms with Crippen LogP contribution in [-0.2, 0) is 0 Å². The molecule has 1 N–H and O–H groups in total. The van der Waals surface area contributed by atoms with Gasteiger partial charge in [-0.2, -0.15) is 13.2 Å². The summed E-state index contributed by atoms with van der Waals surface area (Å²) in [6, 6.07) is 0.652. The van der Waals surface area contributed by atoms with E-state index in [9.17, 15) is 13.2 Å². The molecule has 6 heteroatoms. The van der Waals surface area contributed by atoms with Crippen LogP contribution in [0.25, 0.3) is 0 Å². The first-order chi connectivity index (χ1) is 10.0. The number of rotatable bonds is 5. The van der Waals surface area contributed by atoms with Gasteiger partial charge < -0.3 is 5.32 Å². The van der Waals surface area contributed by atoms with E-state index >= 15 is 0 Å². The smallest absolute Gasteiger partial charge is 0.313 e. The van der Waals surface area contributed by atoms with E-state index in [0.29, 0.717) is 19.1 Å². The molecule has 21 heavy (non-hydrogen) atoms. The van der Waals surface area contributed by atoms with Gasteiger partial charge in [0, 0.05) is 45.3 Å². The van der Waals surface area contributed by atoms with Gasteiger partial charge in [0.15, 0.2) is 0 Å². The van der Waals surface area contributed by atoms with Crippen LogP contribution in [0.15, 0.2) is 0 Å². The summed E-state index contributed by atoms with van der Waals surface area (Å²) in [4.78, 5) is 3.78. The van der Waals surface area contributed by atoms with Gasteiger partial charge in [0.1, 0.15) is 0 Å². The summed E-state index contributed by atoms with van der Waals surface area (Å²) in [6.45, 7) is 3.72. The van der Waals surface area contributed by atoms with Crippen LogP contribution < -0.4 is 5.32 Å². The van der Waals surface area contributed by atoms with Gasteiger partial charge in [-0.15, -0.1) is 0 Å². The second kappa shape index (κ2) is 8.34. The summed E-state index contributed by atoms with van der Waals surface area (Å²) in [5, 5.41) is 3.62. The lowest BCUT2D eigenvalue weighted by atomic mass is 10.1. The Balaban J connectivity index is 1.56. The Kier molecular flexibility index (Phi) is 6.76. The van der Waals surface area contributed by atoms with Crippen LogP contribution in [0.1, 0.15) is 38.5 Å². The Morgan fingerprint density at radius 1 is 0.857 bits per heavy atom. The third-order valence-corrected chi connectivity index (χ3v) is 4.58. The largest absolute Gasteiger partial charge is 0.401 e. The fourth-order valence-electron chi connectivity index (χ4n) is 3.33. The highest BCUT2D eigenvalue weighted by Crippen LogP contribution is 2.18. The molecular weight excluding hydrogens is 279 g/mol. The van der Waals surface area contributed by atoms with Crippen LogP contribution in [0.3, 0.4) is 0 Å². The predicted molar refractivity (Wildman–Crippen MR) is 78.4 cm³/mol. The topological polar surface area (TPSA) is 18.5 Å². The van der Waals surface area contributed by atoms with Gasteiger partial charge in [-0.3, -0.25) is 9.80 Å². The highest BCUT2D eigenvalue weighted by molar-refractivity contribution is 4.76. The van der Waals surface area contributed by atoms with Crippen LogP contribution in [0.5, 0.6) is 0 Å². The first kappa shape index (κ1) is 17.0. The molecule has 0 amide bonds. The van der Waals surface area contributed by atoms with E-state index in [4.69, 9.17) is 0 Å². The molecule has 1 saturated heterocycles. The molecule has 124 valence electrons. The van der Waals surface area contributed by atoms with Gasteiger partial charge in [0.25, 0.3) is 0 Å². The summed E-state index contributed by atoms with van der Waals surface area (Å²) in [5.41, 5.74) is 0. The van der Waals surface area contributed by atoms with Crippen LogP contribution in [0.2, 0.25) is 0 Å². The van der Waals surface area contributed by atoms with E-state index in [1.54, 1.807) is 0 Å². The van der Waals surface area contributed by atoms with Gasteiger partial charge >= 0.3 is 6.18 Å². The standard InChI is InChI=1S/C15H28F3N3/c16-15(17,18)13-21-11-9-20(10-12-21)8-7-19-14-5-3-1-2-4-6-14/h14,19H,1-13H2. The van der Waals surface area contributed by atoms with Crippen LogP contribution in [0, 0.1) is 0 Å². The van der Waals surface area contributed by atoms with E-state index in [-0.39, 0.29) is 0 Å². The van der Waals surface area contributed by atoms with Crippen molar-refractivity contribution in [2.45, 2.75) is 50.7 Å². The maximum absolute atomic E-state index is 12.3. The molecule has 0 spiro atoms. The average Bonchev–Trinajstić information content (AvgIpc) is 2.68. The normalized spacial score (nSPS) is 24.1. The van der Waals surface area contributed by atoms with Crippen molar-refractivity contribution in [3.8, 4) is 0 Å². The molecule has 2 fully saturated rings. The Morgan fingerprint density at radius 2 is 1.43 bits per heavy atom. The zero-order valence-electron chi connectivity index (χ0n) is 12.8. The molecule has 0 aromatic heterocycles. The maximum Gasteiger partial charge on any atom is 0.401 e. The molecule has 1 aliphatic carbocycles. The summed E-state index contributed by atoms with van der Waals surface area (Å²) < 4.78 is 36.9. The molecule has 0 atom stereocenters. The predicted octanol–water partition coefficient (Wildman–Crippen LogP) is 2.48. The third kappa shape index (κ3) is 6.98. The van der Waals surface area contributed by atoms with Crippen molar-refractivity contribution in [3.05, 3.63) is 0 Å². The molecule has 1 saturated carbocycles. The first-order valence-electron chi connectivity index (χ1n) is 8.28. The monoisotopic (exact) mass is 307 g/mol. The Morgan fingerprint density at radius 3 is 2.00 bits per heavy atom. The molecule has 0 unspecified atom stereocenters. The van der Waals surface area contributed by atoms with Gasteiger partial charge in [-0.1, -0.05) is 25.7 Å². The lowest BCUT2D eigenvalue weighted by molar-refractivity contribution is -0.149. The minimum Gasteiger partial charge on any atom is -0.313 e. The van der Waals surface area contributed by atoms with Crippen molar-refractivity contribution in [1.82, 2.24) is 15.1 Å². The van der Waals surface area contributed by atoms with Crippen molar-refractivity contribution in [1.29, 1.82) is 0 Å². The third-order valence-electron chi connectivity index (χ3n) is 4.58. The summed E-state index contributed by atoms with van der Waals surface area (Å²) >= 11 is 0. The number of halogens is 3. The number of nitrogens with one attached hydrogen (secondary N) is 1. The van der Waals surface area contributed by atoms with E-state index < -0.39 is 12.7 Å². The van der Waals surface area contributed by atoms with Crippen molar-refractivity contribution >= 4 is 0 Å². The molecule has 1 aliphatic heterocycles. The second-order valence-electron chi connectivity index (χ2n) is 6.38. The minimum absolute atomic E-state index is 0.531. The van der Waals surface area contributed by atoms with Gasteiger partial charge in [0.05, 0.1) is 6.54 Å². The van der Waals surface area contributed by atoms with Crippen LogP contribution in [-0.4, -0.2) is 67.8 Å². The van der Waals surface area contributed by atoms with Crippen molar-refractivity contribution in [2.24, 2.45) is 0 Å². The molecule has 0 bridgehead atoms. The number of alkyl halides is 3. The average molecular weight is 307 g/mol. The molecule has 2 aliphatic rings. The number of hydrogen-bond acceptors (Lipinski definition) is 3. The molecule has 0 aromatic carbocycles. The zero-order chi connectivity index (χ0) is 15.1. The Labute approximate surface area is 125 Å². The van der Waals surface area contributed by atoms with Crippen molar-refractivity contribution < 1.29 is 13.2 Å². The minimum atomic E-state index is -4.07. The van der Waals surface area contributed by atoms with E-state index in [1.165, 1.54) is 43.4 Å². The number of nitrogens with zero attached hydrogens (tertiary/aromatic N) is 2. The second-order valence-corrected chi connectivity index (χ2v) is 6.38. The van der Waals surface area contributed by atoms with Crippen LogP contribution >= 0.6 is 0 Å². The zero-order valence-corrected chi connectivity index (χ0v) is 12.8.